The van der Waals surface area contributed by atoms with Gasteiger partial charge in [-0.15, -0.1) is 0 Å². The van der Waals surface area contributed by atoms with Crippen molar-refractivity contribution in [3.63, 3.8) is 0 Å². The zero-order valence-electron chi connectivity index (χ0n) is 14.4. The van der Waals surface area contributed by atoms with E-state index in [1.807, 2.05) is 30.3 Å². The largest absolute Gasteiger partial charge is 0.485 e. The third kappa shape index (κ3) is 3.68. The normalized spacial score (nSPS) is 21.2. The van der Waals surface area contributed by atoms with Crippen molar-refractivity contribution in [2.75, 3.05) is 39.5 Å². The molecule has 0 saturated carbocycles. The lowest BCUT2D eigenvalue weighted by Gasteiger charge is -2.34. The molecular formula is C19H22N2O5. The number of ether oxygens (including phenoxy) is 3. The lowest BCUT2D eigenvalue weighted by Crippen LogP contribution is -2.48. The number of benzene rings is 1. The van der Waals surface area contributed by atoms with E-state index in [1.165, 1.54) is 0 Å². The van der Waals surface area contributed by atoms with Crippen molar-refractivity contribution in [3.05, 3.63) is 48.4 Å². The molecule has 3 heterocycles. The molecule has 1 fully saturated rings. The Morgan fingerprint density at radius 3 is 2.73 bits per heavy atom. The standard InChI is InChI=1S/C19H22N2O5/c22-19(18-13-25-16-4-1-2-5-17(16)26-18)20-12-14(15-6-3-9-24-15)21-7-10-23-11-8-21/h1-6,9,14,18H,7-8,10-13H2,(H,20,22)/t14-,18-/m0/s1. The Labute approximate surface area is 151 Å². The first-order valence-corrected chi connectivity index (χ1v) is 8.82. The average molecular weight is 358 g/mol. The molecule has 2 atom stereocenters. The summed E-state index contributed by atoms with van der Waals surface area (Å²) in [6.45, 7) is 3.61. The first kappa shape index (κ1) is 16.9. The van der Waals surface area contributed by atoms with Gasteiger partial charge < -0.3 is 23.9 Å². The van der Waals surface area contributed by atoms with Gasteiger partial charge in [0.25, 0.3) is 5.91 Å². The highest BCUT2D eigenvalue weighted by atomic mass is 16.6. The fraction of sp³-hybridized carbons (Fsp3) is 0.421. The van der Waals surface area contributed by atoms with Crippen LogP contribution in [0, 0.1) is 0 Å². The minimum absolute atomic E-state index is 0.0327. The molecule has 0 unspecified atom stereocenters. The summed E-state index contributed by atoms with van der Waals surface area (Å²) in [7, 11) is 0. The Kier molecular flexibility index (Phi) is 5.08. The second kappa shape index (κ2) is 7.80. The molecule has 138 valence electrons. The summed E-state index contributed by atoms with van der Waals surface area (Å²) in [4.78, 5) is 14.8. The molecule has 1 aromatic carbocycles. The third-order valence-electron chi connectivity index (χ3n) is 4.63. The number of para-hydroxylation sites is 2. The molecule has 0 aliphatic carbocycles. The maximum Gasteiger partial charge on any atom is 0.264 e. The fourth-order valence-electron chi connectivity index (χ4n) is 3.24. The monoisotopic (exact) mass is 358 g/mol. The van der Waals surface area contributed by atoms with Gasteiger partial charge >= 0.3 is 0 Å². The third-order valence-corrected chi connectivity index (χ3v) is 4.63. The summed E-state index contributed by atoms with van der Waals surface area (Å²) < 4.78 is 22.4. The van der Waals surface area contributed by atoms with E-state index in [4.69, 9.17) is 18.6 Å². The summed E-state index contributed by atoms with van der Waals surface area (Å²) in [6, 6.07) is 11.1. The van der Waals surface area contributed by atoms with Crippen LogP contribution in [0.15, 0.2) is 47.1 Å². The van der Waals surface area contributed by atoms with Crippen molar-refractivity contribution in [3.8, 4) is 11.5 Å². The van der Waals surface area contributed by atoms with E-state index in [9.17, 15) is 4.79 Å². The summed E-state index contributed by atoms with van der Waals surface area (Å²) >= 11 is 0. The second-order valence-corrected chi connectivity index (χ2v) is 6.29. The van der Waals surface area contributed by atoms with Gasteiger partial charge in [0.2, 0.25) is 6.10 Å². The Morgan fingerprint density at radius 2 is 1.96 bits per heavy atom. The van der Waals surface area contributed by atoms with Crippen LogP contribution >= 0.6 is 0 Å². The highest BCUT2D eigenvalue weighted by Crippen LogP contribution is 2.31. The number of nitrogens with one attached hydrogen (secondary N) is 1. The van der Waals surface area contributed by atoms with Gasteiger partial charge in [0, 0.05) is 19.6 Å². The molecule has 2 aliphatic heterocycles. The second-order valence-electron chi connectivity index (χ2n) is 6.29. The quantitative estimate of drug-likeness (QED) is 0.875. The predicted octanol–water partition coefficient (Wildman–Crippen LogP) is 1.61. The molecule has 1 N–H and O–H groups in total. The maximum atomic E-state index is 12.6. The molecule has 2 aromatic rings. The molecule has 0 spiro atoms. The molecule has 7 heteroatoms. The number of nitrogens with zero attached hydrogens (tertiary/aromatic N) is 1. The van der Waals surface area contributed by atoms with Gasteiger partial charge in [-0.1, -0.05) is 12.1 Å². The van der Waals surface area contributed by atoms with E-state index in [2.05, 4.69) is 10.2 Å². The van der Waals surface area contributed by atoms with E-state index in [0.29, 0.717) is 31.3 Å². The molecule has 2 aliphatic rings. The number of rotatable bonds is 5. The predicted molar refractivity (Wildman–Crippen MR) is 93.2 cm³/mol. The average Bonchev–Trinajstić information content (AvgIpc) is 3.23. The number of amides is 1. The van der Waals surface area contributed by atoms with Crippen LogP contribution in [-0.2, 0) is 9.53 Å². The number of morpholine rings is 1. The smallest absolute Gasteiger partial charge is 0.264 e. The van der Waals surface area contributed by atoms with Gasteiger partial charge in [-0.2, -0.15) is 0 Å². The van der Waals surface area contributed by atoms with Crippen LogP contribution in [0.3, 0.4) is 0 Å². The Morgan fingerprint density at radius 1 is 1.15 bits per heavy atom. The maximum absolute atomic E-state index is 12.6. The number of fused-ring (bicyclic) bond motifs is 1. The van der Waals surface area contributed by atoms with Gasteiger partial charge in [-0.3, -0.25) is 9.69 Å². The SMILES string of the molecule is O=C(NC[C@@H](c1ccco1)N1CCOCC1)[C@@H]1COc2ccccc2O1. The van der Waals surface area contributed by atoms with Crippen LogP contribution in [-0.4, -0.2) is 56.4 Å². The van der Waals surface area contributed by atoms with Crippen LogP contribution in [0.25, 0.3) is 0 Å². The first-order valence-electron chi connectivity index (χ1n) is 8.82. The van der Waals surface area contributed by atoms with Crippen molar-refractivity contribution in [2.45, 2.75) is 12.1 Å². The van der Waals surface area contributed by atoms with E-state index in [0.717, 1.165) is 18.8 Å². The molecule has 7 nitrogen and oxygen atoms in total. The lowest BCUT2D eigenvalue weighted by molar-refractivity contribution is -0.130. The molecule has 0 radical (unpaired) electrons. The van der Waals surface area contributed by atoms with Gasteiger partial charge in [0.1, 0.15) is 12.4 Å². The molecular weight excluding hydrogens is 336 g/mol. The zero-order chi connectivity index (χ0) is 17.8. The van der Waals surface area contributed by atoms with Gasteiger partial charge in [0.05, 0.1) is 25.5 Å². The fourth-order valence-corrected chi connectivity index (χ4v) is 3.24. The van der Waals surface area contributed by atoms with Crippen molar-refractivity contribution in [1.29, 1.82) is 0 Å². The summed E-state index contributed by atoms with van der Waals surface area (Å²) in [5.74, 6) is 1.90. The Balaban J connectivity index is 1.39. The van der Waals surface area contributed by atoms with Gasteiger partial charge in [-0.05, 0) is 24.3 Å². The van der Waals surface area contributed by atoms with Crippen LogP contribution in [0.1, 0.15) is 11.8 Å². The number of carbonyl (C=O) groups is 1. The topological polar surface area (TPSA) is 73.2 Å². The molecule has 1 amide bonds. The van der Waals surface area contributed by atoms with Crippen molar-refractivity contribution in [1.82, 2.24) is 10.2 Å². The number of hydrogen-bond acceptors (Lipinski definition) is 6. The van der Waals surface area contributed by atoms with Crippen molar-refractivity contribution < 1.29 is 23.4 Å². The van der Waals surface area contributed by atoms with Gasteiger partial charge in [0.15, 0.2) is 11.5 Å². The number of hydrogen-bond donors (Lipinski definition) is 1. The van der Waals surface area contributed by atoms with Crippen LogP contribution in [0.2, 0.25) is 0 Å². The Bertz CT molecular complexity index is 727. The van der Waals surface area contributed by atoms with Crippen molar-refractivity contribution in [2.24, 2.45) is 0 Å². The zero-order valence-corrected chi connectivity index (χ0v) is 14.4. The van der Waals surface area contributed by atoms with Gasteiger partial charge in [-0.25, -0.2) is 0 Å². The molecule has 4 rings (SSSR count). The highest BCUT2D eigenvalue weighted by Gasteiger charge is 2.30. The molecule has 0 bridgehead atoms. The van der Waals surface area contributed by atoms with Crippen LogP contribution in [0.4, 0.5) is 0 Å². The summed E-state index contributed by atoms with van der Waals surface area (Å²) in [6.07, 6.45) is 0.992. The van der Waals surface area contributed by atoms with E-state index >= 15 is 0 Å². The van der Waals surface area contributed by atoms with E-state index in [-0.39, 0.29) is 18.6 Å². The van der Waals surface area contributed by atoms with E-state index < -0.39 is 6.10 Å². The minimum Gasteiger partial charge on any atom is -0.485 e. The first-order chi connectivity index (χ1) is 12.8. The summed E-state index contributed by atoms with van der Waals surface area (Å²) in [5, 5.41) is 2.98. The van der Waals surface area contributed by atoms with Crippen LogP contribution in [0.5, 0.6) is 11.5 Å². The molecule has 1 saturated heterocycles. The number of furan rings is 1. The number of carbonyl (C=O) groups excluding carboxylic acids is 1. The molecule has 1 aromatic heterocycles. The lowest BCUT2D eigenvalue weighted by atomic mass is 10.1. The highest BCUT2D eigenvalue weighted by molar-refractivity contribution is 5.81. The van der Waals surface area contributed by atoms with E-state index in [1.54, 1.807) is 12.3 Å². The Hall–Kier alpha value is -2.51. The van der Waals surface area contributed by atoms with Crippen molar-refractivity contribution >= 4 is 5.91 Å². The minimum atomic E-state index is -0.660. The van der Waals surface area contributed by atoms with Crippen LogP contribution < -0.4 is 14.8 Å². The summed E-state index contributed by atoms with van der Waals surface area (Å²) in [5.41, 5.74) is 0. The molecule has 26 heavy (non-hydrogen) atoms.